The van der Waals surface area contributed by atoms with Crippen LogP contribution in [0.4, 0.5) is 5.69 Å². The Balaban J connectivity index is 1.61. The number of anilines is 1. The number of halogens is 1. The van der Waals surface area contributed by atoms with Crippen molar-refractivity contribution >= 4 is 27.5 Å². The van der Waals surface area contributed by atoms with Gasteiger partial charge >= 0.3 is 0 Å². The Labute approximate surface area is 156 Å². The van der Waals surface area contributed by atoms with Gasteiger partial charge in [-0.15, -0.1) is 0 Å². The number of nitrogens with one attached hydrogen (secondary N) is 1. The molecule has 3 rings (SSSR count). The molecule has 134 valence electrons. The van der Waals surface area contributed by atoms with Crippen LogP contribution in [0.5, 0.6) is 0 Å². The van der Waals surface area contributed by atoms with Crippen LogP contribution in [0.1, 0.15) is 17.0 Å². The van der Waals surface area contributed by atoms with Crippen molar-refractivity contribution in [2.45, 2.75) is 26.9 Å². The van der Waals surface area contributed by atoms with Crippen LogP contribution >= 0.6 is 15.9 Å². The minimum Gasteiger partial charge on any atom is -0.379 e. The van der Waals surface area contributed by atoms with Crippen molar-refractivity contribution in [2.75, 3.05) is 31.6 Å². The van der Waals surface area contributed by atoms with Gasteiger partial charge in [0.05, 0.1) is 29.1 Å². The van der Waals surface area contributed by atoms with Crippen LogP contribution in [0.2, 0.25) is 0 Å². The second-order valence-corrected chi connectivity index (χ2v) is 7.07. The Morgan fingerprint density at radius 3 is 2.76 bits per heavy atom. The number of nitrogens with zero attached hydrogens (tertiary/aromatic N) is 3. The fourth-order valence-electron chi connectivity index (χ4n) is 2.93. The van der Waals surface area contributed by atoms with Crippen molar-refractivity contribution in [3.8, 4) is 0 Å². The number of carbonyl (C=O) groups is 1. The zero-order valence-electron chi connectivity index (χ0n) is 14.6. The maximum Gasteiger partial charge on any atom is 0.246 e. The molecule has 1 aromatic carbocycles. The minimum atomic E-state index is -0.0818. The largest absolute Gasteiger partial charge is 0.379 e. The molecule has 1 aromatic heterocycles. The first-order chi connectivity index (χ1) is 12.0. The molecule has 0 bridgehead atoms. The van der Waals surface area contributed by atoms with Crippen molar-refractivity contribution in [3.05, 3.63) is 45.7 Å². The van der Waals surface area contributed by atoms with Crippen molar-refractivity contribution in [2.24, 2.45) is 0 Å². The highest BCUT2D eigenvalue weighted by Crippen LogP contribution is 2.20. The number of aryl methyl sites for hydroxylation is 1. The highest BCUT2D eigenvalue weighted by molar-refractivity contribution is 9.10. The monoisotopic (exact) mass is 406 g/mol. The van der Waals surface area contributed by atoms with Crippen molar-refractivity contribution in [1.29, 1.82) is 0 Å². The van der Waals surface area contributed by atoms with Gasteiger partial charge in [-0.05, 0) is 47.5 Å². The quantitative estimate of drug-likeness (QED) is 0.828. The average Bonchev–Trinajstić information content (AvgIpc) is 2.83. The fourth-order valence-corrected chi connectivity index (χ4v) is 3.21. The molecule has 2 aromatic rings. The zero-order valence-corrected chi connectivity index (χ0v) is 16.2. The van der Waals surface area contributed by atoms with Crippen LogP contribution in [0.15, 0.2) is 28.7 Å². The van der Waals surface area contributed by atoms with Gasteiger partial charge in [-0.1, -0.05) is 12.1 Å². The third-order valence-corrected chi connectivity index (χ3v) is 5.45. The number of hydrogen-bond donors (Lipinski definition) is 1. The van der Waals surface area contributed by atoms with E-state index in [0.29, 0.717) is 0 Å². The van der Waals surface area contributed by atoms with Crippen LogP contribution in [-0.2, 0) is 22.6 Å². The number of morpholine rings is 1. The fraction of sp³-hybridized carbons (Fsp3) is 0.444. The molecule has 7 heteroatoms. The van der Waals surface area contributed by atoms with Gasteiger partial charge < -0.3 is 10.1 Å². The van der Waals surface area contributed by atoms with E-state index >= 15 is 0 Å². The molecule has 1 aliphatic heterocycles. The molecular formula is C18H23BrN4O2. The van der Waals surface area contributed by atoms with E-state index in [1.807, 2.05) is 32.0 Å². The van der Waals surface area contributed by atoms with E-state index in [2.05, 4.69) is 37.3 Å². The Morgan fingerprint density at radius 1 is 1.32 bits per heavy atom. The second kappa shape index (κ2) is 8.12. The summed E-state index contributed by atoms with van der Waals surface area (Å²) in [5.74, 6) is -0.0818. The zero-order chi connectivity index (χ0) is 17.8. The third-order valence-electron chi connectivity index (χ3n) is 4.31. The van der Waals surface area contributed by atoms with Gasteiger partial charge in [0.1, 0.15) is 6.54 Å². The van der Waals surface area contributed by atoms with E-state index in [1.54, 1.807) is 4.68 Å². The van der Waals surface area contributed by atoms with Crippen LogP contribution < -0.4 is 5.32 Å². The lowest BCUT2D eigenvalue weighted by molar-refractivity contribution is -0.116. The van der Waals surface area contributed by atoms with E-state index in [-0.39, 0.29) is 12.5 Å². The molecule has 0 saturated carbocycles. The molecule has 1 saturated heterocycles. The summed E-state index contributed by atoms with van der Waals surface area (Å²) in [6.07, 6.45) is 0. The molecule has 1 amide bonds. The first-order valence-corrected chi connectivity index (χ1v) is 9.20. The summed E-state index contributed by atoms with van der Waals surface area (Å²) >= 11 is 3.48. The maximum absolute atomic E-state index is 12.3. The van der Waals surface area contributed by atoms with Crippen LogP contribution in [-0.4, -0.2) is 46.9 Å². The maximum atomic E-state index is 12.3. The van der Waals surface area contributed by atoms with Crippen molar-refractivity contribution in [1.82, 2.24) is 14.7 Å². The lowest BCUT2D eigenvalue weighted by Crippen LogP contribution is -2.35. The molecule has 0 atom stereocenters. The number of hydrogen-bond acceptors (Lipinski definition) is 4. The smallest absolute Gasteiger partial charge is 0.246 e. The topological polar surface area (TPSA) is 59.4 Å². The number of rotatable bonds is 5. The van der Waals surface area contributed by atoms with Gasteiger partial charge in [0, 0.05) is 25.3 Å². The summed E-state index contributed by atoms with van der Waals surface area (Å²) in [7, 11) is 0. The lowest BCUT2D eigenvalue weighted by atomic mass is 10.2. The van der Waals surface area contributed by atoms with E-state index in [1.165, 1.54) is 5.56 Å². The van der Waals surface area contributed by atoms with E-state index in [9.17, 15) is 4.79 Å². The molecule has 0 radical (unpaired) electrons. The Kier molecular flexibility index (Phi) is 5.88. The molecule has 0 spiro atoms. The summed E-state index contributed by atoms with van der Waals surface area (Å²) in [4.78, 5) is 14.7. The standard InChI is InChI=1S/C18H23BrN4O2/c1-13-18(19)14(2)23(21-13)12-17(24)20-16-5-3-4-15(10-16)11-22-6-8-25-9-7-22/h3-5,10H,6-9,11-12H2,1-2H3,(H,20,24). The van der Waals surface area contributed by atoms with Gasteiger partial charge in [-0.25, -0.2) is 0 Å². The number of benzene rings is 1. The van der Waals surface area contributed by atoms with E-state index in [0.717, 1.165) is 54.4 Å². The first kappa shape index (κ1) is 18.1. The predicted octanol–water partition coefficient (Wildman–Crippen LogP) is 2.73. The van der Waals surface area contributed by atoms with Crippen LogP contribution in [0.25, 0.3) is 0 Å². The highest BCUT2D eigenvalue weighted by atomic mass is 79.9. The Bertz CT molecular complexity index is 754. The van der Waals surface area contributed by atoms with E-state index < -0.39 is 0 Å². The number of aromatic nitrogens is 2. The first-order valence-electron chi connectivity index (χ1n) is 8.41. The molecule has 0 unspecified atom stereocenters. The SMILES string of the molecule is Cc1nn(CC(=O)Nc2cccc(CN3CCOCC3)c2)c(C)c1Br. The van der Waals surface area contributed by atoms with Gasteiger partial charge in [0.15, 0.2) is 0 Å². The normalized spacial score (nSPS) is 15.3. The molecular weight excluding hydrogens is 384 g/mol. The summed E-state index contributed by atoms with van der Waals surface area (Å²) < 4.78 is 8.05. The number of ether oxygens (including phenoxy) is 1. The van der Waals surface area contributed by atoms with Gasteiger partial charge in [-0.3, -0.25) is 14.4 Å². The lowest BCUT2D eigenvalue weighted by Gasteiger charge is -2.26. The molecule has 6 nitrogen and oxygen atoms in total. The van der Waals surface area contributed by atoms with Crippen LogP contribution in [0, 0.1) is 13.8 Å². The summed E-state index contributed by atoms with van der Waals surface area (Å²) in [5.41, 5.74) is 3.84. The molecule has 1 fully saturated rings. The molecule has 1 aliphatic rings. The number of carbonyl (C=O) groups excluding carboxylic acids is 1. The summed E-state index contributed by atoms with van der Waals surface area (Å²) in [6.45, 7) is 8.40. The average molecular weight is 407 g/mol. The Morgan fingerprint density at radius 2 is 2.08 bits per heavy atom. The molecule has 1 N–H and O–H groups in total. The number of amides is 1. The van der Waals surface area contributed by atoms with Gasteiger partial charge in [0.2, 0.25) is 5.91 Å². The summed E-state index contributed by atoms with van der Waals surface area (Å²) in [6, 6.07) is 8.01. The predicted molar refractivity (Wildman–Crippen MR) is 101 cm³/mol. The van der Waals surface area contributed by atoms with Crippen molar-refractivity contribution in [3.63, 3.8) is 0 Å². The van der Waals surface area contributed by atoms with E-state index in [4.69, 9.17) is 4.74 Å². The second-order valence-electron chi connectivity index (χ2n) is 6.28. The minimum absolute atomic E-state index is 0.0818. The Hall–Kier alpha value is -1.70. The van der Waals surface area contributed by atoms with Gasteiger partial charge in [-0.2, -0.15) is 5.10 Å². The summed E-state index contributed by atoms with van der Waals surface area (Å²) in [5, 5.41) is 7.34. The van der Waals surface area contributed by atoms with Crippen LogP contribution in [0.3, 0.4) is 0 Å². The van der Waals surface area contributed by atoms with Crippen molar-refractivity contribution < 1.29 is 9.53 Å². The molecule has 2 heterocycles. The molecule has 25 heavy (non-hydrogen) atoms. The molecule has 0 aliphatic carbocycles. The van der Waals surface area contributed by atoms with Gasteiger partial charge in [0.25, 0.3) is 0 Å². The highest BCUT2D eigenvalue weighted by Gasteiger charge is 2.13. The third kappa shape index (κ3) is 4.68.